The quantitative estimate of drug-likeness (QED) is 0.486. The first-order valence-electron chi connectivity index (χ1n) is 6.03. The summed E-state index contributed by atoms with van der Waals surface area (Å²) in [5, 5.41) is 4.54. The van der Waals surface area contributed by atoms with Gasteiger partial charge in [0.05, 0.1) is 11.4 Å². The Kier molecular flexibility index (Phi) is 4.37. The molecule has 0 radical (unpaired) electrons. The summed E-state index contributed by atoms with van der Waals surface area (Å²) in [6.07, 6.45) is -5.09. The molecule has 6 heteroatoms. The van der Waals surface area contributed by atoms with E-state index in [9.17, 15) is 18.0 Å². The van der Waals surface area contributed by atoms with Crippen LogP contribution in [0.1, 0.15) is 0 Å². The van der Waals surface area contributed by atoms with Crippen LogP contribution in [0.4, 0.5) is 24.5 Å². The number of hydrogen-bond acceptors (Lipinski definition) is 3. The summed E-state index contributed by atoms with van der Waals surface area (Å²) in [7, 11) is 0. The zero-order valence-corrected chi connectivity index (χ0v) is 10.8. The lowest BCUT2D eigenvalue weighted by molar-refractivity contribution is -0.107. The molecule has 0 bridgehead atoms. The molecule has 2 aromatic carbocycles. The van der Waals surface area contributed by atoms with E-state index in [2.05, 4.69) is 5.10 Å². The molecule has 0 saturated heterocycles. The van der Waals surface area contributed by atoms with Gasteiger partial charge < -0.3 is 0 Å². The van der Waals surface area contributed by atoms with Crippen molar-refractivity contribution in [3.05, 3.63) is 60.7 Å². The van der Waals surface area contributed by atoms with Crippen LogP contribution in [-0.2, 0) is 4.79 Å². The molecular weight excluding hydrogens is 281 g/mol. The number of nitrogens with zero attached hydrogens (tertiary/aromatic N) is 2. The van der Waals surface area contributed by atoms with Gasteiger partial charge in [0.2, 0.25) is 5.71 Å². The highest BCUT2D eigenvalue weighted by Gasteiger charge is 2.36. The Balaban J connectivity index is 2.52. The maximum Gasteiger partial charge on any atom is 0.438 e. The average Bonchev–Trinajstić information content (AvgIpc) is 2.49. The molecular formula is C15H11F3N2O. The van der Waals surface area contributed by atoms with E-state index >= 15 is 0 Å². The van der Waals surface area contributed by atoms with Gasteiger partial charge in [-0.15, -0.1) is 0 Å². The summed E-state index contributed by atoms with van der Waals surface area (Å²) in [4.78, 5) is 10.7. The first kappa shape index (κ1) is 14.8. The minimum Gasteiger partial charge on any atom is -0.296 e. The number of hydrazone groups is 1. The molecule has 0 spiro atoms. The predicted octanol–water partition coefficient (Wildman–Crippen LogP) is 3.94. The Morgan fingerprint density at radius 3 is 1.67 bits per heavy atom. The fourth-order valence-corrected chi connectivity index (χ4v) is 1.66. The molecule has 21 heavy (non-hydrogen) atoms. The van der Waals surface area contributed by atoms with E-state index < -0.39 is 11.9 Å². The summed E-state index contributed by atoms with van der Waals surface area (Å²) < 4.78 is 38.2. The SMILES string of the molecule is O=CC(=NN(c1ccccc1)c1ccccc1)C(F)(F)F. The van der Waals surface area contributed by atoms with E-state index in [4.69, 9.17) is 0 Å². The van der Waals surface area contributed by atoms with Gasteiger partial charge in [-0.2, -0.15) is 18.3 Å². The fourth-order valence-electron chi connectivity index (χ4n) is 1.66. The molecule has 0 saturated carbocycles. The lowest BCUT2D eigenvalue weighted by Gasteiger charge is -2.20. The normalized spacial score (nSPS) is 12.0. The molecule has 0 amide bonds. The van der Waals surface area contributed by atoms with Crippen LogP contribution < -0.4 is 5.01 Å². The lowest BCUT2D eigenvalue weighted by atomic mass is 10.2. The summed E-state index contributed by atoms with van der Waals surface area (Å²) in [5.74, 6) is 0. The van der Waals surface area contributed by atoms with Crippen molar-refractivity contribution in [2.75, 3.05) is 5.01 Å². The van der Waals surface area contributed by atoms with Gasteiger partial charge in [0.25, 0.3) is 0 Å². The fraction of sp³-hybridized carbons (Fsp3) is 0.0667. The highest BCUT2D eigenvalue weighted by molar-refractivity contribution is 6.31. The number of para-hydroxylation sites is 2. The maximum absolute atomic E-state index is 12.7. The number of rotatable bonds is 4. The zero-order valence-electron chi connectivity index (χ0n) is 10.8. The van der Waals surface area contributed by atoms with Crippen molar-refractivity contribution in [1.29, 1.82) is 0 Å². The number of carbonyl (C=O) groups excluding carboxylic acids is 1. The van der Waals surface area contributed by atoms with Crippen molar-refractivity contribution in [3.63, 3.8) is 0 Å². The van der Waals surface area contributed by atoms with E-state index in [1.54, 1.807) is 60.7 Å². The van der Waals surface area contributed by atoms with Crippen molar-refractivity contribution in [2.24, 2.45) is 5.10 Å². The van der Waals surface area contributed by atoms with Crippen LogP contribution in [-0.4, -0.2) is 18.2 Å². The largest absolute Gasteiger partial charge is 0.438 e. The lowest BCUT2D eigenvalue weighted by Crippen LogP contribution is -2.27. The summed E-state index contributed by atoms with van der Waals surface area (Å²) in [6, 6.07) is 16.6. The highest BCUT2D eigenvalue weighted by atomic mass is 19.4. The summed E-state index contributed by atoms with van der Waals surface area (Å²) in [6.45, 7) is 0. The highest BCUT2D eigenvalue weighted by Crippen LogP contribution is 2.27. The number of carbonyl (C=O) groups is 1. The summed E-state index contributed by atoms with van der Waals surface area (Å²) >= 11 is 0. The molecule has 0 unspecified atom stereocenters. The predicted molar refractivity (Wildman–Crippen MR) is 74.6 cm³/mol. The molecule has 2 aromatic rings. The Labute approximate surface area is 119 Å². The van der Waals surface area contributed by atoms with Crippen molar-refractivity contribution in [3.8, 4) is 0 Å². The number of halogens is 3. The molecule has 0 N–H and O–H groups in total. The number of benzene rings is 2. The van der Waals surface area contributed by atoms with Crippen molar-refractivity contribution in [2.45, 2.75) is 6.18 Å². The van der Waals surface area contributed by atoms with Gasteiger partial charge in [-0.3, -0.25) is 4.79 Å². The van der Waals surface area contributed by atoms with Crippen molar-refractivity contribution < 1.29 is 18.0 Å². The molecule has 3 nitrogen and oxygen atoms in total. The number of alkyl halides is 3. The van der Waals surface area contributed by atoms with Crippen molar-refractivity contribution >= 4 is 23.4 Å². The third kappa shape index (κ3) is 3.68. The van der Waals surface area contributed by atoms with Crippen LogP contribution in [0.15, 0.2) is 65.8 Å². The second-order valence-electron chi connectivity index (χ2n) is 4.08. The van der Waals surface area contributed by atoms with Crippen LogP contribution in [0.25, 0.3) is 0 Å². The Hall–Kier alpha value is -2.63. The van der Waals surface area contributed by atoms with Crippen LogP contribution in [0.2, 0.25) is 0 Å². The molecule has 0 aliphatic carbocycles. The van der Waals surface area contributed by atoms with Gasteiger partial charge in [0.15, 0.2) is 6.29 Å². The molecule has 0 heterocycles. The van der Waals surface area contributed by atoms with Gasteiger partial charge in [-0.05, 0) is 24.3 Å². The van der Waals surface area contributed by atoms with Crippen LogP contribution in [0.3, 0.4) is 0 Å². The number of hydrogen-bond donors (Lipinski definition) is 0. The molecule has 2 rings (SSSR count). The van der Waals surface area contributed by atoms with Crippen LogP contribution in [0.5, 0.6) is 0 Å². The Bertz CT molecular complexity index is 585. The Morgan fingerprint density at radius 2 is 1.33 bits per heavy atom. The first-order valence-corrected chi connectivity index (χ1v) is 6.03. The molecule has 0 atom stereocenters. The van der Waals surface area contributed by atoms with E-state index in [-0.39, 0.29) is 6.29 Å². The van der Waals surface area contributed by atoms with E-state index in [0.29, 0.717) is 11.4 Å². The monoisotopic (exact) mass is 292 g/mol. The first-order chi connectivity index (χ1) is 10.0. The number of aldehydes is 1. The maximum atomic E-state index is 12.7. The second kappa shape index (κ2) is 6.21. The molecule has 0 aliphatic heterocycles. The second-order valence-corrected chi connectivity index (χ2v) is 4.08. The Morgan fingerprint density at radius 1 is 0.905 bits per heavy atom. The van der Waals surface area contributed by atoms with Gasteiger partial charge in [-0.1, -0.05) is 36.4 Å². The smallest absolute Gasteiger partial charge is 0.296 e. The van der Waals surface area contributed by atoms with Gasteiger partial charge in [0, 0.05) is 0 Å². The molecule has 0 fully saturated rings. The van der Waals surface area contributed by atoms with E-state index in [0.717, 1.165) is 5.01 Å². The van der Waals surface area contributed by atoms with E-state index in [1.807, 2.05) is 0 Å². The summed E-state index contributed by atoms with van der Waals surface area (Å²) in [5.41, 5.74) is -0.644. The molecule has 108 valence electrons. The minimum atomic E-state index is -4.80. The average molecular weight is 292 g/mol. The standard InChI is InChI=1S/C15H11F3N2O/c16-15(17,18)14(11-21)19-20(12-7-3-1-4-8-12)13-9-5-2-6-10-13/h1-11H. The van der Waals surface area contributed by atoms with Gasteiger partial charge >= 0.3 is 6.18 Å². The van der Waals surface area contributed by atoms with Crippen LogP contribution in [0, 0.1) is 0 Å². The van der Waals surface area contributed by atoms with Gasteiger partial charge in [-0.25, -0.2) is 5.01 Å². The minimum absolute atomic E-state index is 0.293. The van der Waals surface area contributed by atoms with Crippen LogP contribution >= 0.6 is 0 Å². The van der Waals surface area contributed by atoms with Gasteiger partial charge in [0.1, 0.15) is 0 Å². The third-order valence-electron chi connectivity index (χ3n) is 2.61. The molecule has 0 aliphatic rings. The molecule has 0 aromatic heterocycles. The zero-order chi connectivity index (χ0) is 15.3. The van der Waals surface area contributed by atoms with Crippen molar-refractivity contribution in [1.82, 2.24) is 0 Å². The third-order valence-corrected chi connectivity index (χ3v) is 2.61. The van der Waals surface area contributed by atoms with E-state index in [1.165, 1.54) is 0 Å². The topological polar surface area (TPSA) is 32.7 Å². The number of anilines is 2.